The average molecular weight is 256 g/mol. The summed E-state index contributed by atoms with van der Waals surface area (Å²) in [6.45, 7) is 0.797. The van der Waals surface area contributed by atoms with E-state index < -0.39 is 0 Å². The maximum absolute atomic E-state index is 11.6. The van der Waals surface area contributed by atoms with Crippen molar-refractivity contribution in [3.63, 3.8) is 0 Å². The van der Waals surface area contributed by atoms with E-state index in [1.54, 1.807) is 6.20 Å². The number of nitrogens with zero attached hydrogens (tertiary/aromatic N) is 2. The fourth-order valence-corrected chi connectivity index (χ4v) is 2.79. The molecule has 1 fully saturated rings. The second-order valence-corrected chi connectivity index (χ2v) is 4.83. The molecule has 19 heavy (non-hydrogen) atoms. The summed E-state index contributed by atoms with van der Waals surface area (Å²) in [6.07, 6.45) is 3.38. The highest BCUT2D eigenvalue weighted by Gasteiger charge is 2.31. The lowest BCUT2D eigenvalue weighted by atomic mass is 10.1. The van der Waals surface area contributed by atoms with Crippen LogP contribution in [-0.4, -0.2) is 23.5 Å². The van der Waals surface area contributed by atoms with Crippen LogP contribution in [0.3, 0.4) is 0 Å². The van der Waals surface area contributed by atoms with Crippen LogP contribution in [0.1, 0.15) is 12.8 Å². The molecule has 2 aromatic rings. The Kier molecular flexibility index (Phi) is 2.74. The highest BCUT2D eigenvalue weighted by Crippen LogP contribution is 2.35. The Hall–Kier alpha value is -2.30. The Morgan fingerprint density at radius 1 is 1.37 bits per heavy atom. The van der Waals surface area contributed by atoms with E-state index >= 15 is 0 Å². The Bertz CT molecular complexity index is 640. The number of nitrogens with two attached hydrogens (primary N) is 2. The van der Waals surface area contributed by atoms with E-state index in [0.29, 0.717) is 5.69 Å². The predicted molar refractivity (Wildman–Crippen MR) is 75.7 cm³/mol. The fraction of sp³-hybridized carbons (Fsp3) is 0.286. The summed E-state index contributed by atoms with van der Waals surface area (Å²) in [7, 11) is 0. The number of fused-ring (bicyclic) bond motifs is 1. The second-order valence-electron chi connectivity index (χ2n) is 4.83. The van der Waals surface area contributed by atoms with Crippen LogP contribution < -0.4 is 16.4 Å². The summed E-state index contributed by atoms with van der Waals surface area (Å²) in [6, 6.07) is 7.53. The molecular formula is C14H16N4O. The lowest BCUT2D eigenvalue weighted by Gasteiger charge is -2.26. The van der Waals surface area contributed by atoms with Crippen LogP contribution >= 0.6 is 0 Å². The zero-order valence-corrected chi connectivity index (χ0v) is 10.5. The lowest BCUT2D eigenvalue weighted by Crippen LogP contribution is -2.40. The van der Waals surface area contributed by atoms with Crippen molar-refractivity contribution < 1.29 is 4.79 Å². The van der Waals surface area contributed by atoms with Gasteiger partial charge in [0.25, 0.3) is 0 Å². The molecule has 5 nitrogen and oxygen atoms in total. The van der Waals surface area contributed by atoms with Crippen molar-refractivity contribution in [3.8, 4) is 0 Å². The minimum absolute atomic E-state index is 0.270. The zero-order valence-electron chi connectivity index (χ0n) is 10.5. The molecule has 0 aliphatic carbocycles. The highest BCUT2D eigenvalue weighted by molar-refractivity contribution is 5.99. The van der Waals surface area contributed by atoms with Gasteiger partial charge in [0.1, 0.15) is 6.04 Å². The number of amides is 1. The number of nitrogen functional groups attached to an aromatic ring is 1. The van der Waals surface area contributed by atoms with E-state index in [2.05, 4.69) is 4.98 Å². The summed E-state index contributed by atoms with van der Waals surface area (Å²) >= 11 is 0. The van der Waals surface area contributed by atoms with Crippen molar-refractivity contribution in [1.82, 2.24) is 4.98 Å². The number of hydrogen-bond acceptors (Lipinski definition) is 4. The Morgan fingerprint density at radius 2 is 2.16 bits per heavy atom. The van der Waals surface area contributed by atoms with Crippen molar-refractivity contribution in [2.24, 2.45) is 5.73 Å². The van der Waals surface area contributed by atoms with Crippen molar-refractivity contribution in [2.75, 3.05) is 17.2 Å². The van der Waals surface area contributed by atoms with Crippen LogP contribution in [-0.2, 0) is 4.79 Å². The van der Waals surface area contributed by atoms with E-state index in [1.807, 2.05) is 29.2 Å². The number of carbonyl (C=O) groups is 1. The first-order chi connectivity index (χ1) is 9.18. The van der Waals surface area contributed by atoms with Gasteiger partial charge in [-0.1, -0.05) is 18.2 Å². The number of anilines is 2. The first-order valence-electron chi connectivity index (χ1n) is 6.37. The molecule has 0 bridgehead atoms. The quantitative estimate of drug-likeness (QED) is 0.847. The van der Waals surface area contributed by atoms with Gasteiger partial charge in [-0.2, -0.15) is 0 Å². The van der Waals surface area contributed by atoms with Crippen molar-refractivity contribution >= 4 is 28.2 Å². The smallest absolute Gasteiger partial charge is 0.240 e. The third kappa shape index (κ3) is 1.87. The minimum Gasteiger partial charge on any atom is -0.396 e. The lowest BCUT2D eigenvalue weighted by molar-refractivity contribution is -0.119. The molecule has 0 spiro atoms. The average Bonchev–Trinajstić information content (AvgIpc) is 2.87. The normalized spacial score (nSPS) is 18.9. The van der Waals surface area contributed by atoms with Gasteiger partial charge in [-0.25, -0.2) is 0 Å². The van der Waals surface area contributed by atoms with Gasteiger partial charge in [0.15, 0.2) is 0 Å². The molecule has 1 aliphatic heterocycles. The molecular weight excluding hydrogens is 240 g/mol. The van der Waals surface area contributed by atoms with Crippen LogP contribution in [0, 0.1) is 0 Å². The maximum Gasteiger partial charge on any atom is 0.240 e. The molecule has 1 aliphatic rings. The predicted octanol–water partition coefficient (Wildman–Crippen LogP) is 1.27. The monoisotopic (exact) mass is 256 g/mol. The van der Waals surface area contributed by atoms with Gasteiger partial charge < -0.3 is 16.4 Å². The van der Waals surface area contributed by atoms with Gasteiger partial charge in [-0.05, 0) is 18.9 Å². The fourth-order valence-electron chi connectivity index (χ4n) is 2.79. The molecule has 3 rings (SSSR count). The molecule has 1 aromatic carbocycles. The SMILES string of the molecule is NC(=O)C1CCCN1c1c(N)cnc2ccccc12. The number of benzene rings is 1. The molecule has 4 N–H and O–H groups in total. The first-order valence-corrected chi connectivity index (χ1v) is 6.37. The molecule has 1 saturated heterocycles. The van der Waals surface area contributed by atoms with Gasteiger partial charge in [-0.3, -0.25) is 9.78 Å². The van der Waals surface area contributed by atoms with Crippen molar-refractivity contribution in [3.05, 3.63) is 30.5 Å². The number of hydrogen-bond donors (Lipinski definition) is 2. The number of pyridine rings is 1. The van der Waals surface area contributed by atoms with Crippen LogP contribution in [0.5, 0.6) is 0 Å². The Labute approximate surface area is 111 Å². The van der Waals surface area contributed by atoms with Gasteiger partial charge >= 0.3 is 0 Å². The van der Waals surface area contributed by atoms with Gasteiger partial charge in [0, 0.05) is 11.9 Å². The summed E-state index contributed by atoms with van der Waals surface area (Å²) < 4.78 is 0. The van der Waals surface area contributed by atoms with Crippen molar-refractivity contribution in [1.29, 1.82) is 0 Å². The third-order valence-electron chi connectivity index (χ3n) is 3.64. The molecule has 1 aromatic heterocycles. The number of aromatic nitrogens is 1. The third-order valence-corrected chi connectivity index (χ3v) is 3.64. The number of rotatable bonds is 2. The van der Waals surface area contributed by atoms with E-state index in [4.69, 9.17) is 11.5 Å². The topological polar surface area (TPSA) is 85.2 Å². The zero-order chi connectivity index (χ0) is 13.4. The van der Waals surface area contributed by atoms with E-state index in [0.717, 1.165) is 36.0 Å². The largest absolute Gasteiger partial charge is 0.396 e. The minimum atomic E-state index is -0.294. The number of para-hydroxylation sites is 1. The van der Waals surface area contributed by atoms with E-state index in [1.165, 1.54) is 0 Å². The molecule has 1 unspecified atom stereocenters. The molecule has 1 amide bonds. The summed E-state index contributed by atoms with van der Waals surface area (Å²) in [5.41, 5.74) is 13.9. The Balaban J connectivity index is 2.18. The number of carbonyl (C=O) groups excluding carboxylic acids is 1. The van der Waals surface area contributed by atoms with E-state index in [9.17, 15) is 4.79 Å². The number of primary amides is 1. The Morgan fingerprint density at radius 3 is 2.95 bits per heavy atom. The van der Waals surface area contributed by atoms with Crippen LogP contribution in [0.2, 0.25) is 0 Å². The molecule has 1 atom stereocenters. The van der Waals surface area contributed by atoms with E-state index in [-0.39, 0.29) is 11.9 Å². The van der Waals surface area contributed by atoms with Crippen LogP contribution in [0.4, 0.5) is 11.4 Å². The van der Waals surface area contributed by atoms with Crippen molar-refractivity contribution in [2.45, 2.75) is 18.9 Å². The highest BCUT2D eigenvalue weighted by atomic mass is 16.1. The first kappa shape index (κ1) is 11.8. The summed E-state index contributed by atoms with van der Waals surface area (Å²) in [4.78, 5) is 17.9. The molecule has 98 valence electrons. The van der Waals surface area contributed by atoms with Crippen LogP contribution in [0.15, 0.2) is 30.5 Å². The van der Waals surface area contributed by atoms with Gasteiger partial charge in [0.05, 0.1) is 23.1 Å². The molecule has 2 heterocycles. The second kappa shape index (κ2) is 4.42. The van der Waals surface area contributed by atoms with Gasteiger partial charge in [0.2, 0.25) is 5.91 Å². The summed E-state index contributed by atoms with van der Waals surface area (Å²) in [5, 5.41) is 0.968. The van der Waals surface area contributed by atoms with Gasteiger partial charge in [-0.15, -0.1) is 0 Å². The summed E-state index contributed by atoms with van der Waals surface area (Å²) in [5.74, 6) is -0.294. The molecule has 5 heteroatoms. The molecule has 0 radical (unpaired) electrons. The molecule has 0 saturated carbocycles. The standard InChI is InChI=1S/C14H16N4O/c15-10-8-17-11-5-2-1-4-9(11)13(10)18-7-3-6-12(18)14(16)19/h1-2,4-5,8,12H,3,6-7,15H2,(H2,16,19). The van der Waals surface area contributed by atoms with Crippen LogP contribution in [0.25, 0.3) is 10.9 Å². The maximum atomic E-state index is 11.6.